The lowest BCUT2D eigenvalue weighted by atomic mass is 9.80. The van der Waals surface area contributed by atoms with Crippen LogP contribution in [0.4, 0.5) is 13.2 Å². The molecule has 2 aliphatic carbocycles. The van der Waals surface area contributed by atoms with Crippen molar-refractivity contribution < 1.29 is 27.5 Å². The Labute approximate surface area is 205 Å². The van der Waals surface area contributed by atoms with Crippen LogP contribution in [-0.2, 0) is 40.0 Å². The Kier molecular flexibility index (Phi) is 8.11. The van der Waals surface area contributed by atoms with E-state index < -0.39 is 11.9 Å². The van der Waals surface area contributed by atoms with Gasteiger partial charge in [-0.05, 0) is 69.6 Å². The minimum Gasteiger partial charge on any atom is -0.466 e. The van der Waals surface area contributed by atoms with Crippen molar-refractivity contribution in [3.8, 4) is 0 Å². The van der Waals surface area contributed by atoms with Gasteiger partial charge in [-0.3, -0.25) is 14.3 Å². The van der Waals surface area contributed by atoms with Crippen LogP contribution in [0.2, 0.25) is 0 Å². The molecule has 0 atom stereocenters. The van der Waals surface area contributed by atoms with Gasteiger partial charge in [0.1, 0.15) is 0 Å². The maximum atomic E-state index is 13.7. The van der Waals surface area contributed by atoms with Gasteiger partial charge in [0.05, 0.1) is 24.8 Å². The van der Waals surface area contributed by atoms with Gasteiger partial charge in [-0.15, -0.1) is 0 Å². The van der Waals surface area contributed by atoms with Gasteiger partial charge in [0.15, 0.2) is 5.69 Å². The molecule has 0 unspecified atom stereocenters. The fraction of sp³-hybridized carbons (Fsp3) is 0.808. The van der Waals surface area contributed by atoms with E-state index >= 15 is 0 Å². The van der Waals surface area contributed by atoms with E-state index in [-0.39, 0.29) is 42.2 Å². The Morgan fingerprint density at radius 1 is 1.03 bits per heavy atom. The molecule has 1 aromatic heterocycles. The molecule has 0 radical (unpaired) electrons. The summed E-state index contributed by atoms with van der Waals surface area (Å²) >= 11 is 0. The summed E-state index contributed by atoms with van der Waals surface area (Å²) in [6.45, 7) is 5.37. The van der Waals surface area contributed by atoms with Crippen LogP contribution in [0.25, 0.3) is 0 Å². The van der Waals surface area contributed by atoms with E-state index in [0.717, 1.165) is 51.4 Å². The van der Waals surface area contributed by atoms with E-state index in [1.165, 1.54) is 0 Å². The molecule has 2 heterocycles. The van der Waals surface area contributed by atoms with Gasteiger partial charge >= 0.3 is 12.1 Å². The molecule has 0 aromatic carbocycles. The van der Waals surface area contributed by atoms with Gasteiger partial charge in [-0.25, -0.2) is 0 Å². The number of halogens is 3. The minimum absolute atomic E-state index is 0.0111. The maximum absolute atomic E-state index is 13.7. The van der Waals surface area contributed by atoms with Gasteiger partial charge < -0.3 is 9.64 Å². The highest BCUT2D eigenvalue weighted by Gasteiger charge is 2.41. The highest BCUT2D eigenvalue weighted by Crippen LogP contribution is 2.37. The Bertz CT molecular complexity index is 898. The molecule has 196 valence electrons. The summed E-state index contributed by atoms with van der Waals surface area (Å²) in [5, 5.41) is 4.04. The van der Waals surface area contributed by atoms with Crippen LogP contribution in [0.5, 0.6) is 0 Å². The second-order valence-electron chi connectivity index (χ2n) is 10.8. The van der Waals surface area contributed by atoms with E-state index in [1.807, 2.05) is 0 Å². The number of carbonyl (C=O) groups excluding carboxylic acids is 2. The highest BCUT2D eigenvalue weighted by molar-refractivity contribution is 5.77. The zero-order chi connectivity index (χ0) is 25.2. The Morgan fingerprint density at radius 2 is 1.69 bits per heavy atom. The van der Waals surface area contributed by atoms with Crippen molar-refractivity contribution in [2.24, 2.45) is 23.7 Å². The average Bonchev–Trinajstić information content (AvgIpc) is 3.19. The molecule has 35 heavy (non-hydrogen) atoms. The molecule has 1 aromatic rings. The van der Waals surface area contributed by atoms with Crippen LogP contribution in [0.3, 0.4) is 0 Å². The third-order valence-electron chi connectivity index (χ3n) is 8.26. The zero-order valence-corrected chi connectivity index (χ0v) is 20.9. The van der Waals surface area contributed by atoms with Gasteiger partial charge in [-0.2, -0.15) is 18.3 Å². The first-order valence-electron chi connectivity index (χ1n) is 13.3. The molecule has 1 amide bonds. The summed E-state index contributed by atoms with van der Waals surface area (Å²) in [7, 11) is 0. The van der Waals surface area contributed by atoms with Gasteiger partial charge in [-0.1, -0.05) is 19.8 Å². The number of nitrogens with zero attached hydrogens (tertiary/aromatic N) is 3. The van der Waals surface area contributed by atoms with Crippen LogP contribution in [0.1, 0.15) is 88.6 Å². The van der Waals surface area contributed by atoms with E-state index in [0.29, 0.717) is 43.6 Å². The average molecular weight is 498 g/mol. The van der Waals surface area contributed by atoms with E-state index in [2.05, 4.69) is 12.0 Å². The lowest BCUT2D eigenvalue weighted by Crippen LogP contribution is -2.38. The number of rotatable bonds is 6. The number of fused-ring (bicyclic) bond motifs is 1. The zero-order valence-electron chi connectivity index (χ0n) is 20.9. The summed E-state index contributed by atoms with van der Waals surface area (Å²) in [6.07, 6.45) is 3.34. The Hall–Kier alpha value is -2.06. The molecule has 3 aliphatic rings. The number of hydrogen-bond acceptors (Lipinski definition) is 4. The smallest absolute Gasteiger partial charge is 0.435 e. The molecule has 1 aliphatic heterocycles. The molecule has 0 bridgehead atoms. The van der Waals surface area contributed by atoms with Gasteiger partial charge in [0.25, 0.3) is 0 Å². The first-order valence-corrected chi connectivity index (χ1v) is 13.3. The topological polar surface area (TPSA) is 64.4 Å². The quantitative estimate of drug-likeness (QED) is 0.496. The molecule has 0 N–H and O–H groups in total. The largest absolute Gasteiger partial charge is 0.466 e. The fourth-order valence-electron chi connectivity index (χ4n) is 6.07. The van der Waals surface area contributed by atoms with Crippen molar-refractivity contribution in [2.45, 2.75) is 97.3 Å². The van der Waals surface area contributed by atoms with Crippen LogP contribution in [-0.4, -0.2) is 39.7 Å². The molecule has 0 saturated heterocycles. The first kappa shape index (κ1) is 26.0. The van der Waals surface area contributed by atoms with E-state index in [9.17, 15) is 22.8 Å². The third-order valence-corrected chi connectivity index (χ3v) is 8.26. The van der Waals surface area contributed by atoms with Crippen molar-refractivity contribution in [1.29, 1.82) is 0 Å². The predicted molar refractivity (Wildman–Crippen MR) is 124 cm³/mol. The predicted octanol–water partition coefficient (Wildman–Crippen LogP) is 5.37. The van der Waals surface area contributed by atoms with Crippen LogP contribution in [0.15, 0.2) is 0 Å². The molecule has 4 rings (SSSR count). The van der Waals surface area contributed by atoms with Crippen molar-refractivity contribution in [3.63, 3.8) is 0 Å². The van der Waals surface area contributed by atoms with Crippen LogP contribution < -0.4 is 0 Å². The lowest BCUT2D eigenvalue weighted by Gasteiger charge is -2.32. The fourth-order valence-corrected chi connectivity index (χ4v) is 6.07. The number of esters is 1. The van der Waals surface area contributed by atoms with Crippen molar-refractivity contribution >= 4 is 11.9 Å². The number of carbonyl (C=O) groups is 2. The number of amides is 1. The highest BCUT2D eigenvalue weighted by atomic mass is 19.4. The molecule has 0 spiro atoms. The Balaban J connectivity index is 1.40. The van der Waals surface area contributed by atoms with Crippen LogP contribution >= 0.6 is 0 Å². The number of hydrogen-bond donors (Lipinski definition) is 0. The summed E-state index contributed by atoms with van der Waals surface area (Å²) in [6, 6.07) is 0. The maximum Gasteiger partial charge on any atom is 0.435 e. The van der Waals surface area contributed by atoms with Crippen molar-refractivity contribution in [2.75, 3.05) is 13.2 Å². The lowest BCUT2D eigenvalue weighted by molar-refractivity contribution is -0.149. The molecular formula is C26H38F3N3O3. The number of alkyl halides is 3. The number of ether oxygens (including phenoxy) is 1. The molecule has 2 saturated carbocycles. The van der Waals surface area contributed by atoms with Gasteiger partial charge in [0, 0.05) is 25.1 Å². The summed E-state index contributed by atoms with van der Waals surface area (Å²) < 4.78 is 47.9. The second kappa shape index (κ2) is 10.9. The summed E-state index contributed by atoms with van der Waals surface area (Å²) in [5.74, 6) is 0.956. The minimum atomic E-state index is -4.49. The van der Waals surface area contributed by atoms with Crippen LogP contribution in [0, 0.1) is 23.7 Å². The molecule has 6 nitrogen and oxygen atoms in total. The van der Waals surface area contributed by atoms with E-state index in [1.54, 1.807) is 16.5 Å². The SMILES string of the molecule is CCOC(=O)C1CCC(CC(=O)N2CCc3c(C(F)(F)F)nn(CC4CCC(C)CC4)c3C2)CC1. The third kappa shape index (κ3) is 6.20. The molecule has 2 fully saturated rings. The standard InChI is InChI=1S/C26H38F3N3O3/c1-3-35-25(34)20-10-8-18(9-11-20)14-23(33)31-13-12-21-22(16-31)32(30-24(21)26(27,28)29)15-19-6-4-17(2)5-7-19/h17-20H,3-16H2,1-2H3. The molecular weight excluding hydrogens is 459 g/mol. The first-order chi connectivity index (χ1) is 16.7. The normalized spacial score (nSPS) is 27.4. The van der Waals surface area contributed by atoms with Crippen molar-refractivity contribution in [3.05, 3.63) is 17.0 Å². The summed E-state index contributed by atoms with van der Waals surface area (Å²) in [4.78, 5) is 26.8. The van der Waals surface area contributed by atoms with E-state index in [4.69, 9.17) is 4.74 Å². The number of aromatic nitrogens is 2. The van der Waals surface area contributed by atoms with Gasteiger partial charge in [0.2, 0.25) is 5.91 Å². The summed E-state index contributed by atoms with van der Waals surface area (Å²) in [5.41, 5.74) is 0.0447. The van der Waals surface area contributed by atoms with Crippen molar-refractivity contribution in [1.82, 2.24) is 14.7 Å². The monoisotopic (exact) mass is 497 g/mol. The Morgan fingerprint density at radius 3 is 2.31 bits per heavy atom. The second-order valence-corrected chi connectivity index (χ2v) is 10.8. The molecule has 9 heteroatoms.